The molecule has 1 nitrogen and oxygen atoms in total. The van der Waals surface area contributed by atoms with Crippen molar-refractivity contribution in [2.45, 2.75) is 32.9 Å². The van der Waals surface area contributed by atoms with Crippen molar-refractivity contribution in [1.82, 2.24) is 0 Å². The Hall–Kier alpha value is -2.38. The van der Waals surface area contributed by atoms with Gasteiger partial charge in [-0.15, -0.1) is 0 Å². The van der Waals surface area contributed by atoms with Crippen molar-refractivity contribution in [1.29, 1.82) is 0 Å². The minimum absolute atomic E-state index is 0.286. The van der Waals surface area contributed by atoms with E-state index >= 15 is 0 Å². The lowest BCUT2D eigenvalue weighted by molar-refractivity contribution is -0.143. The van der Waals surface area contributed by atoms with Crippen molar-refractivity contribution in [2.24, 2.45) is 0 Å². The lowest BCUT2D eigenvalue weighted by Crippen LogP contribution is -2.19. The summed E-state index contributed by atoms with van der Waals surface area (Å²) in [5.41, 5.74) is -1.84. The molecule has 0 atom stereocenters. The number of Topliss-reactive ketones (excluding diaryl/α,β-unsaturated/α-hetero) is 1. The third-order valence-electron chi connectivity index (χ3n) is 3.69. The topological polar surface area (TPSA) is 17.1 Å². The summed E-state index contributed by atoms with van der Waals surface area (Å²) in [5, 5.41) is 0. The molecule has 0 N–H and O–H groups in total. The molecule has 0 fully saturated rings. The highest BCUT2D eigenvalue weighted by Gasteiger charge is 2.42. The fourth-order valence-corrected chi connectivity index (χ4v) is 2.74. The zero-order valence-electron chi connectivity index (χ0n) is 13.7. The summed E-state index contributed by atoms with van der Waals surface area (Å²) < 4.78 is 92.4. The molecule has 0 bridgehead atoms. The van der Waals surface area contributed by atoms with Gasteiger partial charge in [-0.3, -0.25) is 4.79 Å². The average molecular weight is 378 g/mol. The van der Waals surface area contributed by atoms with Crippen LogP contribution in [0.2, 0.25) is 0 Å². The molecular formula is C18H13F7O. The lowest BCUT2D eigenvalue weighted by Gasteiger charge is -2.14. The molecule has 8 heteroatoms. The van der Waals surface area contributed by atoms with Gasteiger partial charge in [-0.05, 0) is 19.4 Å². The first kappa shape index (κ1) is 19.9. The quantitative estimate of drug-likeness (QED) is 0.526. The summed E-state index contributed by atoms with van der Waals surface area (Å²) in [6.07, 6.45) is -6.97. The van der Waals surface area contributed by atoms with Gasteiger partial charge in [0.05, 0.1) is 0 Å². The molecular weight excluding hydrogens is 365 g/mol. The highest BCUT2D eigenvalue weighted by molar-refractivity contribution is 5.83. The number of alkyl halides is 3. The Morgan fingerprint density at radius 2 is 1.27 bits per heavy atom. The van der Waals surface area contributed by atoms with Crippen molar-refractivity contribution in [3.05, 3.63) is 69.3 Å². The molecule has 2 aromatic rings. The van der Waals surface area contributed by atoms with Crippen LogP contribution in [-0.4, -0.2) is 5.78 Å². The number of hydrogen-bond donors (Lipinski definition) is 0. The van der Waals surface area contributed by atoms with Crippen LogP contribution >= 0.6 is 0 Å². The standard InChI is InChI=1S/C18H13F7O/c1-8-3-9(2)5-10(4-8)6-11(26)7-12-14(19)16(21)13(18(23,24)25)17(22)15(12)20/h3-5H,6-7H2,1-2H3. The molecule has 0 aliphatic carbocycles. The number of rotatable bonds is 4. The maximum Gasteiger partial charge on any atom is 0.422 e. The van der Waals surface area contributed by atoms with Crippen LogP contribution < -0.4 is 0 Å². The van der Waals surface area contributed by atoms with Crippen LogP contribution in [0.25, 0.3) is 0 Å². The van der Waals surface area contributed by atoms with E-state index in [-0.39, 0.29) is 6.42 Å². The summed E-state index contributed by atoms with van der Waals surface area (Å²) in [4.78, 5) is 12.0. The molecule has 0 heterocycles. The Balaban J connectivity index is 2.36. The average Bonchev–Trinajstić information content (AvgIpc) is 2.47. The van der Waals surface area contributed by atoms with Crippen LogP contribution in [0.15, 0.2) is 18.2 Å². The molecule has 0 aliphatic heterocycles. The predicted octanol–water partition coefficient (Wildman–Crippen LogP) is 5.23. The number of hydrogen-bond acceptors (Lipinski definition) is 1. The van der Waals surface area contributed by atoms with Crippen molar-refractivity contribution in [3.8, 4) is 0 Å². The third-order valence-corrected chi connectivity index (χ3v) is 3.69. The number of carbonyl (C=O) groups excluding carboxylic acids is 1. The first-order valence-corrected chi connectivity index (χ1v) is 7.42. The highest BCUT2D eigenvalue weighted by Crippen LogP contribution is 2.37. The second-order valence-electron chi connectivity index (χ2n) is 6.00. The molecule has 2 rings (SSSR count). The Bertz CT molecular complexity index is 820. The van der Waals surface area contributed by atoms with Gasteiger partial charge in [0.1, 0.15) is 11.3 Å². The molecule has 0 unspecified atom stereocenters. The Morgan fingerprint density at radius 1 is 0.808 bits per heavy atom. The van der Waals surface area contributed by atoms with Crippen molar-refractivity contribution >= 4 is 5.78 Å². The van der Waals surface area contributed by atoms with E-state index in [0.717, 1.165) is 11.1 Å². The van der Waals surface area contributed by atoms with Gasteiger partial charge in [-0.2, -0.15) is 13.2 Å². The lowest BCUT2D eigenvalue weighted by atomic mass is 9.98. The van der Waals surface area contributed by atoms with Gasteiger partial charge < -0.3 is 0 Å². The SMILES string of the molecule is Cc1cc(C)cc(CC(=O)Cc2c(F)c(F)c(C(F)(F)F)c(F)c2F)c1. The molecule has 0 saturated carbocycles. The van der Waals surface area contributed by atoms with Gasteiger partial charge in [-0.1, -0.05) is 29.3 Å². The van der Waals surface area contributed by atoms with E-state index in [1.54, 1.807) is 26.0 Å². The van der Waals surface area contributed by atoms with Gasteiger partial charge >= 0.3 is 6.18 Å². The number of carbonyl (C=O) groups is 1. The van der Waals surface area contributed by atoms with E-state index in [4.69, 9.17) is 0 Å². The molecule has 2 aromatic carbocycles. The Kier molecular flexibility index (Phi) is 5.44. The van der Waals surface area contributed by atoms with Gasteiger partial charge in [0, 0.05) is 18.4 Å². The van der Waals surface area contributed by atoms with Crippen molar-refractivity contribution in [2.75, 3.05) is 0 Å². The molecule has 26 heavy (non-hydrogen) atoms. The second-order valence-corrected chi connectivity index (χ2v) is 6.00. The first-order chi connectivity index (χ1) is 11.9. The fraction of sp³-hybridized carbons (Fsp3) is 0.278. The molecule has 0 aliphatic rings. The summed E-state index contributed by atoms with van der Waals surface area (Å²) in [6, 6.07) is 5.12. The van der Waals surface area contributed by atoms with E-state index in [0.29, 0.717) is 5.56 Å². The molecule has 0 aromatic heterocycles. The number of halogens is 7. The van der Waals surface area contributed by atoms with Gasteiger partial charge in [-0.25, -0.2) is 17.6 Å². The highest BCUT2D eigenvalue weighted by atomic mass is 19.4. The minimum Gasteiger partial charge on any atom is -0.299 e. The monoisotopic (exact) mass is 378 g/mol. The molecule has 0 amide bonds. The van der Waals surface area contributed by atoms with Gasteiger partial charge in [0.25, 0.3) is 0 Å². The zero-order valence-corrected chi connectivity index (χ0v) is 13.7. The predicted molar refractivity (Wildman–Crippen MR) is 79.6 cm³/mol. The number of aryl methyl sites for hydroxylation is 2. The van der Waals surface area contributed by atoms with E-state index in [9.17, 15) is 35.5 Å². The van der Waals surface area contributed by atoms with Gasteiger partial charge in [0.2, 0.25) is 0 Å². The van der Waals surface area contributed by atoms with Crippen LogP contribution in [0, 0.1) is 37.1 Å². The van der Waals surface area contributed by atoms with Crippen LogP contribution in [0.5, 0.6) is 0 Å². The van der Waals surface area contributed by atoms with Gasteiger partial charge in [0.15, 0.2) is 23.3 Å². The third kappa shape index (κ3) is 4.05. The molecule has 0 radical (unpaired) electrons. The van der Waals surface area contributed by atoms with Crippen molar-refractivity contribution in [3.63, 3.8) is 0 Å². The van der Waals surface area contributed by atoms with E-state index in [1.165, 1.54) is 0 Å². The van der Waals surface area contributed by atoms with Crippen molar-refractivity contribution < 1.29 is 35.5 Å². The van der Waals surface area contributed by atoms with E-state index in [1.807, 2.05) is 6.07 Å². The van der Waals surface area contributed by atoms with Crippen LogP contribution in [0.3, 0.4) is 0 Å². The zero-order chi connectivity index (χ0) is 19.8. The first-order valence-electron chi connectivity index (χ1n) is 7.42. The fourth-order valence-electron chi connectivity index (χ4n) is 2.74. The summed E-state index contributed by atoms with van der Waals surface area (Å²) in [5.74, 6) is -10.4. The molecule has 0 spiro atoms. The van der Waals surface area contributed by atoms with Crippen LogP contribution in [0.1, 0.15) is 27.8 Å². The number of ketones is 1. The molecule has 140 valence electrons. The summed E-state index contributed by atoms with van der Waals surface area (Å²) in [7, 11) is 0. The summed E-state index contributed by atoms with van der Waals surface area (Å²) >= 11 is 0. The van der Waals surface area contributed by atoms with Crippen LogP contribution in [-0.2, 0) is 23.8 Å². The van der Waals surface area contributed by atoms with E-state index < -0.39 is 52.8 Å². The smallest absolute Gasteiger partial charge is 0.299 e. The molecule has 0 saturated heterocycles. The maximum atomic E-state index is 13.8. The minimum atomic E-state index is -5.61. The normalized spacial score (nSPS) is 11.7. The van der Waals surface area contributed by atoms with E-state index in [2.05, 4.69) is 0 Å². The van der Waals surface area contributed by atoms with Crippen LogP contribution in [0.4, 0.5) is 30.7 Å². The Morgan fingerprint density at radius 3 is 1.69 bits per heavy atom. The second kappa shape index (κ2) is 7.09. The Labute approximate surface area is 144 Å². The maximum absolute atomic E-state index is 13.8. The number of benzene rings is 2. The summed E-state index contributed by atoms with van der Waals surface area (Å²) in [6.45, 7) is 3.53. The largest absolute Gasteiger partial charge is 0.422 e.